The van der Waals surface area contributed by atoms with Crippen molar-refractivity contribution in [3.63, 3.8) is 0 Å². The maximum atomic E-state index is 12.5. The van der Waals surface area contributed by atoms with Crippen molar-refractivity contribution in [1.82, 2.24) is 16.0 Å². The van der Waals surface area contributed by atoms with Gasteiger partial charge in [-0.15, -0.1) is 0 Å². The molecule has 1 heterocycles. The molecule has 34 heavy (non-hydrogen) atoms. The van der Waals surface area contributed by atoms with Gasteiger partial charge >= 0.3 is 5.97 Å². The first-order valence-corrected chi connectivity index (χ1v) is 11.4. The number of halogens is 2. The Labute approximate surface area is 207 Å². The monoisotopic (exact) mass is 505 g/mol. The van der Waals surface area contributed by atoms with E-state index in [4.69, 9.17) is 27.9 Å². The number of hydrogen-bond acceptors (Lipinski definition) is 7. The van der Waals surface area contributed by atoms with Crippen molar-refractivity contribution in [2.24, 2.45) is 4.99 Å². The number of amides is 2. The molecule has 11 heteroatoms. The molecule has 0 spiro atoms. The van der Waals surface area contributed by atoms with Gasteiger partial charge in [-0.1, -0.05) is 29.3 Å². The van der Waals surface area contributed by atoms with Crippen molar-refractivity contribution in [3.8, 4) is 0 Å². The van der Waals surface area contributed by atoms with E-state index in [2.05, 4.69) is 26.3 Å². The summed E-state index contributed by atoms with van der Waals surface area (Å²) in [5.74, 6) is -0.934. The maximum absolute atomic E-state index is 12.5. The summed E-state index contributed by atoms with van der Waals surface area (Å²) in [6, 6.07) is 10.7. The number of anilines is 1. The molecule has 2 aromatic carbocycles. The van der Waals surface area contributed by atoms with E-state index in [0.717, 1.165) is 6.54 Å². The Morgan fingerprint density at radius 3 is 2.59 bits per heavy atom. The van der Waals surface area contributed by atoms with Gasteiger partial charge in [0.05, 0.1) is 19.7 Å². The molecule has 1 aliphatic rings. The molecule has 4 N–H and O–H groups in total. The summed E-state index contributed by atoms with van der Waals surface area (Å²) in [7, 11) is 0. The number of carbonyl (C=O) groups excluding carboxylic acids is 3. The fourth-order valence-electron chi connectivity index (χ4n) is 3.27. The number of nitrogens with one attached hydrogen (secondary N) is 4. The van der Waals surface area contributed by atoms with E-state index in [1.165, 1.54) is 0 Å². The van der Waals surface area contributed by atoms with Crippen LogP contribution >= 0.6 is 23.2 Å². The Bertz CT molecular complexity index is 1070. The van der Waals surface area contributed by atoms with Gasteiger partial charge in [-0.05, 0) is 48.9 Å². The Morgan fingerprint density at radius 1 is 1.15 bits per heavy atom. The first-order valence-electron chi connectivity index (χ1n) is 10.7. The highest BCUT2D eigenvalue weighted by Crippen LogP contribution is 2.20. The molecule has 0 aliphatic carbocycles. The van der Waals surface area contributed by atoms with Gasteiger partial charge in [0.1, 0.15) is 6.04 Å². The van der Waals surface area contributed by atoms with Crippen molar-refractivity contribution >= 4 is 52.6 Å². The highest BCUT2D eigenvalue weighted by molar-refractivity contribution is 6.34. The number of esters is 1. The molecule has 0 bridgehead atoms. The molecule has 0 aromatic heterocycles. The zero-order chi connectivity index (χ0) is 24.5. The third-order valence-electron chi connectivity index (χ3n) is 4.74. The van der Waals surface area contributed by atoms with Crippen LogP contribution in [0.3, 0.4) is 0 Å². The van der Waals surface area contributed by atoms with Crippen LogP contribution in [0.2, 0.25) is 10.0 Å². The minimum Gasteiger partial charge on any atom is -0.464 e. The van der Waals surface area contributed by atoms with E-state index < -0.39 is 23.8 Å². The number of ether oxygens (including phenoxy) is 1. The lowest BCUT2D eigenvalue weighted by Gasteiger charge is -2.18. The number of aliphatic imine (C=N–C) groups is 1. The summed E-state index contributed by atoms with van der Waals surface area (Å²) in [4.78, 5) is 41.7. The summed E-state index contributed by atoms with van der Waals surface area (Å²) < 4.78 is 5.07. The summed E-state index contributed by atoms with van der Waals surface area (Å²) in [6.45, 7) is 2.96. The Balaban J connectivity index is 1.58. The van der Waals surface area contributed by atoms with E-state index in [0.29, 0.717) is 39.4 Å². The molecule has 1 atom stereocenters. The van der Waals surface area contributed by atoms with E-state index in [-0.39, 0.29) is 19.6 Å². The average Bonchev–Trinajstić information content (AvgIpc) is 3.29. The van der Waals surface area contributed by atoms with Crippen molar-refractivity contribution in [2.45, 2.75) is 19.4 Å². The zero-order valence-corrected chi connectivity index (χ0v) is 20.0. The molecule has 1 aliphatic heterocycles. The fraction of sp³-hybridized carbons (Fsp3) is 0.304. The van der Waals surface area contributed by atoms with E-state index >= 15 is 0 Å². The average molecular weight is 506 g/mol. The Kier molecular flexibility index (Phi) is 9.12. The minimum absolute atomic E-state index is 0.129. The van der Waals surface area contributed by atoms with Crippen LogP contribution in [0.25, 0.3) is 0 Å². The first-order chi connectivity index (χ1) is 16.3. The van der Waals surface area contributed by atoms with E-state index in [1.54, 1.807) is 49.4 Å². The lowest BCUT2D eigenvalue weighted by molar-refractivity contribution is -0.147. The van der Waals surface area contributed by atoms with Crippen LogP contribution in [0, 0.1) is 0 Å². The number of benzene rings is 2. The summed E-state index contributed by atoms with van der Waals surface area (Å²) in [5.41, 5.74) is 1.71. The van der Waals surface area contributed by atoms with E-state index in [9.17, 15) is 14.4 Å². The van der Waals surface area contributed by atoms with Gasteiger partial charge in [0.15, 0.2) is 5.96 Å². The number of rotatable bonds is 9. The number of hydrogen-bond donors (Lipinski definition) is 4. The fourth-order valence-corrected chi connectivity index (χ4v) is 3.84. The van der Waals surface area contributed by atoms with Crippen LogP contribution in [-0.4, -0.2) is 56.0 Å². The normalized spacial score (nSPS) is 13.3. The van der Waals surface area contributed by atoms with Crippen LogP contribution in [0.4, 0.5) is 5.69 Å². The molecule has 3 rings (SSSR count). The highest BCUT2D eigenvalue weighted by atomic mass is 35.5. The lowest BCUT2D eigenvalue weighted by atomic mass is 10.1. The summed E-state index contributed by atoms with van der Waals surface area (Å²) in [6.07, 6.45) is 0.129. The maximum Gasteiger partial charge on any atom is 0.328 e. The molecule has 180 valence electrons. The lowest BCUT2D eigenvalue weighted by Crippen LogP contribution is -2.47. The largest absolute Gasteiger partial charge is 0.464 e. The smallest absolute Gasteiger partial charge is 0.328 e. The van der Waals surface area contributed by atoms with Gasteiger partial charge in [-0.2, -0.15) is 0 Å². The number of guanidine groups is 1. The molecule has 0 saturated carbocycles. The first kappa shape index (κ1) is 25.3. The Hall–Kier alpha value is -3.30. The standard InChI is InChI=1S/C23H25Cl2N5O4/c1-2-34-22(33)19(10-14-8-16(24)12-17(25)9-14)30-20(31)13-28-21(32)15-4-3-5-18(11-15)29-23-26-6-7-27-23/h3-5,8-9,11-12,19H,2,6-7,10,13H2,1H3,(H,28,32)(H,30,31)(H2,26,27,29). The second-order valence-corrected chi connectivity index (χ2v) is 8.27. The molecular weight excluding hydrogens is 481 g/mol. The van der Waals surface area contributed by atoms with Gasteiger partial charge in [0, 0.05) is 34.3 Å². The van der Waals surface area contributed by atoms with Crippen LogP contribution in [0.15, 0.2) is 47.5 Å². The molecule has 0 saturated heterocycles. The second-order valence-electron chi connectivity index (χ2n) is 7.40. The van der Waals surface area contributed by atoms with Crippen LogP contribution in [0.1, 0.15) is 22.8 Å². The van der Waals surface area contributed by atoms with Crippen molar-refractivity contribution in [1.29, 1.82) is 0 Å². The molecule has 0 fully saturated rings. The minimum atomic E-state index is -0.967. The van der Waals surface area contributed by atoms with Crippen molar-refractivity contribution in [2.75, 3.05) is 31.6 Å². The molecule has 2 aromatic rings. The zero-order valence-electron chi connectivity index (χ0n) is 18.5. The molecule has 9 nitrogen and oxygen atoms in total. The number of carbonyl (C=O) groups is 3. The Morgan fingerprint density at radius 2 is 1.91 bits per heavy atom. The molecular formula is C23H25Cl2N5O4. The van der Waals surface area contributed by atoms with Crippen LogP contribution < -0.4 is 21.3 Å². The van der Waals surface area contributed by atoms with Crippen LogP contribution in [-0.2, 0) is 20.7 Å². The third kappa shape index (κ3) is 7.64. The summed E-state index contributed by atoms with van der Waals surface area (Å²) in [5, 5.41) is 12.2. The number of nitrogens with zero attached hydrogens (tertiary/aromatic N) is 1. The highest BCUT2D eigenvalue weighted by Gasteiger charge is 2.23. The van der Waals surface area contributed by atoms with Gasteiger partial charge < -0.3 is 26.0 Å². The second kappa shape index (κ2) is 12.2. The van der Waals surface area contributed by atoms with E-state index in [1.807, 2.05) is 0 Å². The predicted octanol–water partition coefficient (Wildman–Crippen LogP) is 2.38. The van der Waals surface area contributed by atoms with Gasteiger partial charge in [0.25, 0.3) is 5.91 Å². The summed E-state index contributed by atoms with van der Waals surface area (Å²) >= 11 is 12.1. The predicted molar refractivity (Wildman–Crippen MR) is 131 cm³/mol. The topological polar surface area (TPSA) is 121 Å². The van der Waals surface area contributed by atoms with Crippen molar-refractivity contribution < 1.29 is 19.1 Å². The third-order valence-corrected chi connectivity index (χ3v) is 5.18. The molecule has 0 radical (unpaired) electrons. The SMILES string of the molecule is CCOC(=O)C(Cc1cc(Cl)cc(Cl)c1)NC(=O)CNC(=O)c1cccc(NC2=NCCN2)c1. The molecule has 1 unspecified atom stereocenters. The molecule has 2 amide bonds. The van der Waals surface area contributed by atoms with Gasteiger partial charge in [-0.25, -0.2) is 4.79 Å². The van der Waals surface area contributed by atoms with Crippen molar-refractivity contribution in [3.05, 3.63) is 63.6 Å². The van der Waals surface area contributed by atoms with Crippen LogP contribution in [0.5, 0.6) is 0 Å². The van der Waals surface area contributed by atoms with Gasteiger partial charge in [0.2, 0.25) is 5.91 Å². The van der Waals surface area contributed by atoms with Gasteiger partial charge in [-0.3, -0.25) is 14.6 Å². The quantitative estimate of drug-likeness (QED) is 0.388.